The largest absolute Gasteiger partial charge is 0.388 e. The van der Waals surface area contributed by atoms with Crippen LogP contribution in [0.5, 0.6) is 0 Å². The Balaban J connectivity index is 1.39. The lowest BCUT2D eigenvalue weighted by molar-refractivity contribution is -0.117. The third kappa shape index (κ3) is 7.10. The number of nitrogens with one attached hydrogen (secondary N) is 2. The van der Waals surface area contributed by atoms with Crippen molar-refractivity contribution in [2.24, 2.45) is 0 Å². The fourth-order valence-corrected chi connectivity index (χ4v) is 3.56. The molecule has 3 aromatic rings. The van der Waals surface area contributed by atoms with E-state index in [2.05, 4.69) is 10.6 Å². The van der Waals surface area contributed by atoms with Gasteiger partial charge in [-0.2, -0.15) is 0 Å². The lowest BCUT2D eigenvalue weighted by atomic mass is 10.0. The van der Waals surface area contributed by atoms with E-state index >= 15 is 0 Å². The van der Waals surface area contributed by atoms with Gasteiger partial charge in [0, 0.05) is 23.7 Å². The van der Waals surface area contributed by atoms with Crippen LogP contribution in [-0.4, -0.2) is 35.4 Å². The zero-order valence-electron chi connectivity index (χ0n) is 19.8. The number of carbonyl (C=O) groups is 3. The van der Waals surface area contributed by atoms with E-state index in [1.807, 2.05) is 72.8 Å². The standard InChI is InChI=1S/C30H28N2O4/c33-20-27(34)17-12-21-6-8-23(9-7-21)19-31-29(35)25-13-10-22(11-14-25)18-28(24-4-2-1-3-5-24)30(36)32-26-15-16-26/h1-14,17-18,26,33H,15-16,19-20H2,(H,31,35)(H,32,36)/b17-12+,28-18+. The highest BCUT2D eigenvalue weighted by Gasteiger charge is 2.25. The van der Waals surface area contributed by atoms with Crippen LogP contribution in [0.4, 0.5) is 0 Å². The van der Waals surface area contributed by atoms with Crippen LogP contribution in [0.2, 0.25) is 0 Å². The summed E-state index contributed by atoms with van der Waals surface area (Å²) in [6.07, 6.45) is 6.85. The van der Waals surface area contributed by atoms with Gasteiger partial charge in [-0.1, -0.05) is 72.8 Å². The molecule has 0 radical (unpaired) electrons. The molecular weight excluding hydrogens is 452 g/mol. The van der Waals surface area contributed by atoms with Gasteiger partial charge < -0.3 is 15.7 Å². The molecule has 3 aromatic carbocycles. The van der Waals surface area contributed by atoms with Gasteiger partial charge in [0.2, 0.25) is 0 Å². The summed E-state index contributed by atoms with van der Waals surface area (Å²) in [6, 6.07) is 24.4. The van der Waals surface area contributed by atoms with E-state index in [1.54, 1.807) is 18.2 Å². The molecule has 0 bridgehead atoms. The van der Waals surface area contributed by atoms with E-state index in [9.17, 15) is 14.4 Å². The molecule has 1 fully saturated rings. The molecular formula is C30H28N2O4. The first-order valence-corrected chi connectivity index (χ1v) is 11.9. The fourth-order valence-electron chi connectivity index (χ4n) is 3.56. The molecule has 182 valence electrons. The first-order valence-electron chi connectivity index (χ1n) is 11.9. The van der Waals surface area contributed by atoms with Crippen molar-refractivity contribution < 1.29 is 19.5 Å². The SMILES string of the molecule is O=C(/C=C/c1ccc(CNC(=O)c2ccc(/C=C(/C(=O)NC3CC3)c3ccccc3)cc2)cc1)CO. The molecule has 6 heteroatoms. The molecule has 0 atom stereocenters. The molecule has 1 aliphatic carbocycles. The van der Waals surface area contributed by atoms with E-state index in [1.165, 1.54) is 6.08 Å². The van der Waals surface area contributed by atoms with Gasteiger partial charge in [0.1, 0.15) is 6.61 Å². The Morgan fingerprint density at radius 1 is 0.833 bits per heavy atom. The highest BCUT2D eigenvalue weighted by atomic mass is 16.3. The van der Waals surface area contributed by atoms with E-state index in [0.29, 0.717) is 17.7 Å². The number of amides is 2. The Hall–Kier alpha value is -4.29. The van der Waals surface area contributed by atoms with Crippen molar-refractivity contribution in [2.45, 2.75) is 25.4 Å². The van der Waals surface area contributed by atoms with Crippen LogP contribution < -0.4 is 10.6 Å². The van der Waals surface area contributed by atoms with Gasteiger partial charge in [0.25, 0.3) is 11.8 Å². The van der Waals surface area contributed by atoms with Crippen LogP contribution in [-0.2, 0) is 16.1 Å². The number of aliphatic hydroxyl groups excluding tert-OH is 1. The molecule has 3 N–H and O–H groups in total. The summed E-state index contributed by atoms with van der Waals surface area (Å²) in [5.41, 5.74) is 4.55. The molecule has 1 aliphatic rings. The zero-order chi connectivity index (χ0) is 25.3. The monoisotopic (exact) mass is 480 g/mol. The van der Waals surface area contributed by atoms with Gasteiger partial charge in [0.05, 0.1) is 0 Å². The molecule has 4 rings (SSSR count). The molecule has 0 saturated heterocycles. The van der Waals surface area contributed by atoms with Gasteiger partial charge in [0.15, 0.2) is 5.78 Å². The van der Waals surface area contributed by atoms with Crippen molar-refractivity contribution in [3.8, 4) is 0 Å². The minimum absolute atomic E-state index is 0.0907. The van der Waals surface area contributed by atoms with Gasteiger partial charge in [-0.05, 0) is 59.4 Å². The predicted molar refractivity (Wildman–Crippen MR) is 141 cm³/mol. The number of rotatable bonds is 10. The molecule has 0 spiro atoms. The molecule has 2 amide bonds. The Kier molecular flexibility index (Phi) is 8.21. The van der Waals surface area contributed by atoms with Gasteiger partial charge in [-0.25, -0.2) is 0 Å². The summed E-state index contributed by atoms with van der Waals surface area (Å²) < 4.78 is 0. The smallest absolute Gasteiger partial charge is 0.252 e. The molecule has 6 nitrogen and oxygen atoms in total. The highest BCUT2D eigenvalue weighted by Crippen LogP contribution is 2.23. The van der Waals surface area contributed by atoms with Crippen molar-refractivity contribution in [2.75, 3.05) is 6.61 Å². The van der Waals surface area contributed by atoms with Crippen LogP contribution >= 0.6 is 0 Å². The summed E-state index contributed by atoms with van der Waals surface area (Å²) in [5.74, 6) is -0.643. The normalized spacial score (nSPS) is 13.4. The van der Waals surface area contributed by atoms with Crippen LogP contribution in [0.1, 0.15) is 45.5 Å². The number of hydrogen-bond donors (Lipinski definition) is 3. The third-order valence-electron chi connectivity index (χ3n) is 5.78. The molecule has 1 saturated carbocycles. The minimum Gasteiger partial charge on any atom is -0.388 e. The molecule has 36 heavy (non-hydrogen) atoms. The number of aliphatic hydroxyl groups is 1. The van der Waals surface area contributed by atoms with Crippen LogP contribution in [0, 0.1) is 0 Å². The van der Waals surface area contributed by atoms with E-state index in [0.717, 1.165) is 35.1 Å². The average molecular weight is 481 g/mol. The van der Waals surface area contributed by atoms with Crippen molar-refractivity contribution in [1.29, 1.82) is 0 Å². The second-order valence-electron chi connectivity index (χ2n) is 8.68. The van der Waals surface area contributed by atoms with Crippen molar-refractivity contribution in [3.05, 3.63) is 113 Å². The Morgan fingerprint density at radius 3 is 2.14 bits per heavy atom. The van der Waals surface area contributed by atoms with E-state index in [-0.39, 0.29) is 23.6 Å². The second kappa shape index (κ2) is 11.9. The fraction of sp³-hybridized carbons (Fsp3) is 0.167. The number of ketones is 1. The third-order valence-corrected chi connectivity index (χ3v) is 5.78. The number of carbonyl (C=O) groups excluding carboxylic acids is 3. The Morgan fingerprint density at radius 2 is 1.50 bits per heavy atom. The Bertz CT molecular complexity index is 1270. The molecule has 0 aliphatic heterocycles. The minimum atomic E-state index is -0.512. The quantitative estimate of drug-likeness (QED) is 0.302. The maximum absolute atomic E-state index is 12.8. The van der Waals surface area contributed by atoms with Crippen LogP contribution in [0.25, 0.3) is 17.7 Å². The van der Waals surface area contributed by atoms with Gasteiger partial charge >= 0.3 is 0 Å². The highest BCUT2D eigenvalue weighted by molar-refractivity contribution is 6.24. The van der Waals surface area contributed by atoms with E-state index in [4.69, 9.17) is 5.11 Å². The number of hydrogen-bond acceptors (Lipinski definition) is 4. The maximum Gasteiger partial charge on any atom is 0.252 e. The lowest BCUT2D eigenvalue weighted by Gasteiger charge is -2.10. The first kappa shape index (κ1) is 24.8. The molecule has 0 aromatic heterocycles. The zero-order valence-corrected chi connectivity index (χ0v) is 19.8. The second-order valence-corrected chi connectivity index (χ2v) is 8.68. The summed E-state index contributed by atoms with van der Waals surface area (Å²) in [7, 11) is 0. The van der Waals surface area contributed by atoms with Crippen molar-refractivity contribution in [3.63, 3.8) is 0 Å². The first-order chi connectivity index (χ1) is 17.5. The van der Waals surface area contributed by atoms with E-state index < -0.39 is 6.61 Å². The predicted octanol–water partition coefficient (Wildman–Crippen LogP) is 4.01. The van der Waals surface area contributed by atoms with Crippen LogP contribution in [0.15, 0.2) is 84.9 Å². The summed E-state index contributed by atoms with van der Waals surface area (Å²) >= 11 is 0. The van der Waals surface area contributed by atoms with Crippen LogP contribution in [0.3, 0.4) is 0 Å². The maximum atomic E-state index is 12.8. The summed E-state index contributed by atoms with van der Waals surface area (Å²) in [6.45, 7) is -0.151. The summed E-state index contributed by atoms with van der Waals surface area (Å²) in [5, 5.41) is 14.7. The van der Waals surface area contributed by atoms with Gasteiger partial charge in [-0.15, -0.1) is 0 Å². The average Bonchev–Trinajstić information content (AvgIpc) is 3.74. The van der Waals surface area contributed by atoms with Crippen molar-refractivity contribution in [1.82, 2.24) is 10.6 Å². The van der Waals surface area contributed by atoms with Gasteiger partial charge in [-0.3, -0.25) is 14.4 Å². The molecule has 0 heterocycles. The molecule has 0 unspecified atom stereocenters. The topological polar surface area (TPSA) is 95.5 Å². The Labute approximate surface area is 210 Å². The lowest BCUT2D eigenvalue weighted by Crippen LogP contribution is -2.26. The number of benzene rings is 3. The summed E-state index contributed by atoms with van der Waals surface area (Å²) in [4.78, 5) is 36.6. The van der Waals surface area contributed by atoms with Crippen molar-refractivity contribution >= 4 is 35.3 Å².